The van der Waals surface area contributed by atoms with Crippen molar-refractivity contribution in [1.29, 1.82) is 0 Å². The molecule has 132 valence electrons. The van der Waals surface area contributed by atoms with E-state index < -0.39 is 0 Å². The second-order valence-electron chi connectivity index (χ2n) is 7.72. The van der Waals surface area contributed by atoms with Crippen molar-refractivity contribution in [2.75, 3.05) is 33.2 Å². The van der Waals surface area contributed by atoms with E-state index in [0.717, 1.165) is 32.5 Å². The van der Waals surface area contributed by atoms with Gasteiger partial charge in [-0.1, -0.05) is 49.6 Å². The van der Waals surface area contributed by atoms with Gasteiger partial charge in [-0.25, -0.2) is 0 Å². The molecule has 1 aromatic carbocycles. The third-order valence-electron chi connectivity index (χ3n) is 5.96. The molecule has 2 N–H and O–H groups in total. The summed E-state index contributed by atoms with van der Waals surface area (Å²) in [5, 5.41) is 0. The van der Waals surface area contributed by atoms with Crippen LogP contribution in [0.3, 0.4) is 0 Å². The first-order chi connectivity index (χ1) is 11.6. The molecular formula is C20H31N3O. The third-order valence-corrected chi connectivity index (χ3v) is 5.96. The van der Waals surface area contributed by atoms with E-state index in [4.69, 9.17) is 5.73 Å². The van der Waals surface area contributed by atoms with Gasteiger partial charge >= 0.3 is 0 Å². The predicted molar refractivity (Wildman–Crippen MR) is 97.6 cm³/mol. The number of hydrogen-bond donors (Lipinski definition) is 1. The highest BCUT2D eigenvalue weighted by Crippen LogP contribution is 2.39. The van der Waals surface area contributed by atoms with Gasteiger partial charge < -0.3 is 15.5 Å². The zero-order chi connectivity index (χ0) is 17.0. The molecule has 4 heteroatoms. The first kappa shape index (κ1) is 17.4. The van der Waals surface area contributed by atoms with Gasteiger partial charge in [0.2, 0.25) is 5.91 Å². The Balaban J connectivity index is 1.76. The van der Waals surface area contributed by atoms with Gasteiger partial charge in [-0.05, 0) is 37.4 Å². The minimum atomic E-state index is 0.0416. The van der Waals surface area contributed by atoms with Crippen LogP contribution in [0.4, 0.5) is 0 Å². The van der Waals surface area contributed by atoms with Gasteiger partial charge in [0.05, 0.1) is 6.04 Å². The lowest BCUT2D eigenvalue weighted by Crippen LogP contribution is -2.51. The van der Waals surface area contributed by atoms with E-state index in [1.54, 1.807) is 0 Å². The summed E-state index contributed by atoms with van der Waals surface area (Å²) in [5.41, 5.74) is 7.39. The van der Waals surface area contributed by atoms with E-state index in [1.807, 2.05) is 6.07 Å². The van der Waals surface area contributed by atoms with Crippen LogP contribution in [0.1, 0.15) is 50.1 Å². The van der Waals surface area contributed by atoms with Crippen molar-refractivity contribution in [2.24, 2.45) is 11.1 Å². The number of rotatable bonds is 4. The number of carbonyl (C=O) groups is 1. The van der Waals surface area contributed by atoms with Crippen molar-refractivity contribution >= 4 is 5.91 Å². The summed E-state index contributed by atoms with van der Waals surface area (Å²) < 4.78 is 0. The van der Waals surface area contributed by atoms with Crippen LogP contribution in [-0.4, -0.2) is 48.9 Å². The molecular weight excluding hydrogens is 298 g/mol. The first-order valence-electron chi connectivity index (χ1n) is 9.37. The molecule has 1 amide bonds. The molecule has 1 heterocycles. The van der Waals surface area contributed by atoms with E-state index in [2.05, 4.69) is 41.1 Å². The van der Waals surface area contributed by atoms with Crippen LogP contribution in [0.15, 0.2) is 30.3 Å². The maximum atomic E-state index is 13.2. The predicted octanol–water partition coefficient (Wildman–Crippen LogP) is 2.80. The summed E-state index contributed by atoms with van der Waals surface area (Å²) in [7, 11) is 2.14. The Morgan fingerprint density at radius 3 is 2.54 bits per heavy atom. The molecule has 1 saturated carbocycles. The van der Waals surface area contributed by atoms with E-state index >= 15 is 0 Å². The average Bonchev–Trinajstić information content (AvgIpc) is 2.63. The maximum Gasteiger partial charge on any atom is 0.223 e. The molecule has 4 nitrogen and oxygen atoms in total. The SMILES string of the molecule is CN1CCN(C(=O)CC2(CN)CCCCC2)C(c2ccccc2)C1. The highest BCUT2D eigenvalue weighted by Gasteiger charge is 2.37. The summed E-state index contributed by atoms with van der Waals surface area (Å²) in [4.78, 5) is 17.6. The number of nitrogens with zero attached hydrogens (tertiary/aromatic N) is 2. The molecule has 1 aromatic rings. The standard InChI is InChI=1S/C20H31N3O/c1-22-12-13-23(18(15-22)17-8-4-2-5-9-17)19(24)14-20(16-21)10-6-3-7-11-20/h2,4-5,8-9,18H,3,6-7,10-16,21H2,1H3. The second-order valence-corrected chi connectivity index (χ2v) is 7.72. The number of likely N-dealkylation sites (N-methyl/N-ethyl adjacent to an activating group) is 1. The smallest absolute Gasteiger partial charge is 0.223 e. The molecule has 2 aliphatic rings. The van der Waals surface area contributed by atoms with Gasteiger partial charge in [0.1, 0.15) is 0 Å². The van der Waals surface area contributed by atoms with Crippen LogP contribution in [0, 0.1) is 5.41 Å². The van der Waals surface area contributed by atoms with Crippen molar-refractivity contribution in [3.8, 4) is 0 Å². The normalized spacial score (nSPS) is 24.8. The Labute approximate surface area is 146 Å². The number of carbonyl (C=O) groups excluding carboxylic acids is 1. The number of piperazine rings is 1. The van der Waals surface area contributed by atoms with Crippen LogP contribution in [0.2, 0.25) is 0 Å². The van der Waals surface area contributed by atoms with E-state index in [0.29, 0.717) is 18.9 Å². The van der Waals surface area contributed by atoms with Crippen molar-refractivity contribution in [3.63, 3.8) is 0 Å². The van der Waals surface area contributed by atoms with Crippen molar-refractivity contribution < 1.29 is 4.79 Å². The fourth-order valence-electron chi connectivity index (χ4n) is 4.36. The van der Waals surface area contributed by atoms with Crippen molar-refractivity contribution in [1.82, 2.24) is 9.80 Å². The average molecular weight is 329 g/mol. The molecule has 1 saturated heterocycles. The number of hydrogen-bond acceptors (Lipinski definition) is 3. The van der Waals surface area contributed by atoms with Gasteiger partial charge in [-0.2, -0.15) is 0 Å². The van der Waals surface area contributed by atoms with Crippen LogP contribution in [0.25, 0.3) is 0 Å². The fraction of sp³-hybridized carbons (Fsp3) is 0.650. The molecule has 2 fully saturated rings. The topological polar surface area (TPSA) is 49.6 Å². The summed E-state index contributed by atoms with van der Waals surface area (Å²) in [5.74, 6) is 0.296. The quantitative estimate of drug-likeness (QED) is 0.924. The molecule has 0 aromatic heterocycles. The zero-order valence-electron chi connectivity index (χ0n) is 14.9. The lowest BCUT2D eigenvalue weighted by Gasteiger charge is -2.43. The minimum Gasteiger partial charge on any atom is -0.333 e. The first-order valence-corrected chi connectivity index (χ1v) is 9.37. The lowest BCUT2D eigenvalue weighted by atomic mass is 9.71. The van der Waals surface area contributed by atoms with E-state index in [-0.39, 0.29) is 11.5 Å². The molecule has 1 aliphatic heterocycles. The van der Waals surface area contributed by atoms with Crippen LogP contribution >= 0.6 is 0 Å². The number of nitrogens with two attached hydrogens (primary N) is 1. The number of benzene rings is 1. The van der Waals surface area contributed by atoms with Gasteiger partial charge in [-0.3, -0.25) is 4.79 Å². The summed E-state index contributed by atoms with van der Waals surface area (Å²) in [6.07, 6.45) is 6.57. The Morgan fingerprint density at radius 2 is 1.88 bits per heavy atom. The lowest BCUT2D eigenvalue weighted by molar-refractivity contribution is -0.139. The summed E-state index contributed by atoms with van der Waals surface area (Å²) in [6.45, 7) is 3.31. The summed E-state index contributed by atoms with van der Waals surface area (Å²) >= 11 is 0. The van der Waals surface area contributed by atoms with Crippen LogP contribution < -0.4 is 5.73 Å². The molecule has 1 unspecified atom stereocenters. The Hall–Kier alpha value is -1.39. The van der Waals surface area contributed by atoms with Crippen molar-refractivity contribution in [2.45, 2.75) is 44.6 Å². The third kappa shape index (κ3) is 3.81. The number of amides is 1. The van der Waals surface area contributed by atoms with E-state index in [1.165, 1.54) is 24.8 Å². The summed E-state index contributed by atoms with van der Waals surface area (Å²) in [6, 6.07) is 10.6. The molecule has 0 bridgehead atoms. The molecule has 0 radical (unpaired) electrons. The van der Waals surface area contributed by atoms with Gasteiger partial charge in [0.15, 0.2) is 0 Å². The Morgan fingerprint density at radius 1 is 1.17 bits per heavy atom. The van der Waals surface area contributed by atoms with Crippen molar-refractivity contribution in [3.05, 3.63) is 35.9 Å². The van der Waals surface area contributed by atoms with Gasteiger partial charge in [0.25, 0.3) is 0 Å². The molecule has 1 aliphatic carbocycles. The molecule has 1 atom stereocenters. The molecule has 24 heavy (non-hydrogen) atoms. The van der Waals surface area contributed by atoms with Gasteiger partial charge in [0, 0.05) is 26.1 Å². The van der Waals surface area contributed by atoms with Gasteiger partial charge in [-0.15, -0.1) is 0 Å². The van der Waals surface area contributed by atoms with Crippen LogP contribution in [0.5, 0.6) is 0 Å². The Kier molecular flexibility index (Phi) is 5.57. The minimum absolute atomic E-state index is 0.0416. The Bertz CT molecular complexity index is 539. The zero-order valence-corrected chi connectivity index (χ0v) is 14.9. The second kappa shape index (κ2) is 7.66. The van der Waals surface area contributed by atoms with E-state index in [9.17, 15) is 4.79 Å². The fourth-order valence-corrected chi connectivity index (χ4v) is 4.36. The molecule has 0 spiro atoms. The maximum absolute atomic E-state index is 13.2. The molecule has 3 rings (SSSR count). The highest BCUT2D eigenvalue weighted by molar-refractivity contribution is 5.77. The monoisotopic (exact) mass is 329 g/mol. The highest BCUT2D eigenvalue weighted by atomic mass is 16.2. The largest absolute Gasteiger partial charge is 0.333 e. The van der Waals surface area contributed by atoms with Crippen LogP contribution in [-0.2, 0) is 4.79 Å².